The lowest BCUT2D eigenvalue weighted by atomic mass is 10.00. The van der Waals surface area contributed by atoms with Crippen LogP contribution in [0.3, 0.4) is 0 Å². The van der Waals surface area contributed by atoms with Crippen LogP contribution < -0.4 is 0 Å². The molecule has 53 valence electrons. The molecule has 1 aliphatic carbocycles. The van der Waals surface area contributed by atoms with Gasteiger partial charge in [0.25, 0.3) is 0 Å². The molecule has 1 atom stereocenters. The van der Waals surface area contributed by atoms with E-state index in [1.165, 1.54) is 32.1 Å². The van der Waals surface area contributed by atoms with Gasteiger partial charge >= 0.3 is 0 Å². The summed E-state index contributed by atoms with van der Waals surface area (Å²) in [5.41, 5.74) is 0. The molecule has 0 nitrogen and oxygen atoms in total. The fourth-order valence-corrected chi connectivity index (χ4v) is 1.28. The van der Waals surface area contributed by atoms with E-state index in [9.17, 15) is 0 Å². The summed E-state index contributed by atoms with van der Waals surface area (Å²) in [6.07, 6.45) is 7.09. The second-order valence-electron chi connectivity index (χ2n) is 3.20. The number of rotatable bonds is 4. The zero-order chi connectivity index (χ0) is 6.69. The molecule has 0 spiro atoms. The molecule has 0 heteroatoms. The van der Waals surface area contributed by atoms with Crippen LogP contribution in [0.5, 0.6) is 0 Å². The molecule has 0 amide bonds. The highest BCUT2D eigenvalue weighted by Crippen LogP contribution is 2.41. The third kappa shape index (κ3) is 2.38. The summed E-state index contributed by atoms with van der Waals surface area (Å²) in [6.45, 7) is 4.64. The predicted molar refractivity (Wildman–Crippen MR) is 41.2 cm³/mol. The van der Waals surface area contributed by atoms with Crippen molar-refractivity contribution in [2.45, 2.75) is 46.0 Å². The van der Waals surface area contributed by atoms with Gasteiger partial charge in [-0.3, -0.25) is 0 Å². The van der Waals surface area contributed by atoms with E-state index in [1.54, 1.807) is 0 Å². The predicted octanol–water partition coefficient (Wildman–Crippen LogP) is 3.18. The number of hydrogen-bond donors (Lipinski definition) is 0. The van der Waals surface area contributed by atoms with Crippen LogP contribution in [0.15, 0.2) is 0 Å². The Morgan fingerprint density at radius 2 is 2.11 bits per heavy atom. The van der Waals surface area contributed by atoms with E-state index in [1.807, 2.05) is 5.92 Å². The molecule has 9 heavy (non-hydrogen) atoms. The SMILES string of the molecule is CCCCC(C)[C]1CC1. The molecular formula is C9H17. The Labute approximate surface area is 58.7 Å². The summed E-state index contributed by atoms with van der Waals surface area (Å²) in [5, 5.41) is 0. The number of hydrogen-bond acceptors (Lipinski definition) is 0. The van der Waals surface area contributed by atoms with Crippen molar-refractivity contribution in [2.24, 2.45) is 5.92 Å². The van der Waals surface area contributed by atoms with Crippen LogP contribution >= 0.6 is 0 Å². The van der Waals surface area contributed by atoms with Crippen LogP contribution in [0.2, 0.25) is 0 Å². The zero-order valence-electron chi connectivity index (χ0n) is 6.61. The minimum absolute atomic E-state index is 0.949. The van der Waals surface area contributed by atoms with Crippen LogP contribution in [0.4, 0.5) is 0 Å². The van der Waals surface area contributed by atoms with Gasteiger partial charge in [0.1, 0.15) is 0 Å². The molecule has 0 bridgehead atoms. The van der Waals surface area contributed by atoms with Gasteiger partial charge in [-0.15, -0.1) is 0 Å². The summed E-state index contributed by atoms with van der Waals surface area (Å²) < 4.78 is 0. The molecule has 0 aromatic carbocycles. The first-order valence-electron chi connectivity index (χ1n) is 4.19. The topological polar surface area (TPSA) is 0 Å². The largest absolute Gasteiger partial charge is 0.0654 e. The Kier molecular flexibility index (Phi) is 2.56. The summed E-state index contributed by atoms with van der Waals surface area (Å²) in [7, 11) is 0. The van der Waals surface area contributed by atoms with Crippen molar-refractivity contribution in [3.63, 3.8) is 0 Å². The summed E-state index contributed by atoms with van der Waals surface area (Å²) >= 11 is 0. The minimum atomic E-state index is 0.949. The van der Waals surface area contributed by atoms with Crippen LogP contribution in [-0.4, -0.2) is 0 Å². The van der Waals surface area contributed by atoms with E-state index in [2.05, 4.69) is 13.8 Å². The van der Waals surface area contributed by atoms with E-state index >= 15 is 0 Å². The van der Waals surface area contributed by atoms with Crippen molar-refractivity contribution in [3.05, 3.63) is 5.92 Å². The molecule has 1 radical (unpaired) electrons. The van der Waals surface area contributed by atoms with Gasteiger partial charge in [0.15, 0.2) is 0 Å². The molecule has 0 N–H and O–H groups in total. The second kappa shape index (κ2) is 3.24. The lowest BCUT2D eigenvalue weighted by Gasteiger charge is -2.06. The van der Waals surface area contributed by atoms with Crippen LogP contribution in [0.25, 0.3) is 0 Å². The highest BCUT2D eigenvalue weighted by molar-refractivity contribution is 5.08. The van der Waals surface area contributed by atoms with E-state index in [0.717, 1.165) is 5.92 Å². The summed E-state index contributed by atoms with van der Waals surface area (Å²) in [5.74, 6) is 2.77. The molecule has 0 heterocycles. The van der Waals surface area contributed by atoms with E-state index in [-0.39, 0.29) is 0 Å². The van der Waals surface area contributed by atoms with Crippen molar-refractivity contribution >= 4 is 0 Å². The molecule has 1 saturated carbocycles. The average Bonchev–Trinajstić information content (AvgIpc) is 2.63. The first-order chi connectivity index (χ1) is 4.34. The van der Waals surface area contributed by atoms with E-state index < -0.39 is 0 Å². The standard InChI is InChI=1S/C9H17/c1-3-4-5-8(2)9-6-7-9/h8H,3-7H2,1-2H3. The summed E-state index contributed by atoms with van der Waals surface area (Å²) in [6, 6.07) is 0. The third-order valence-corrected chi connectivity index (χ3v) is 2.23. The number of unbranched alkanes of at least 4 members (excludes halogenated alkanes) is 1. The van der Waals surface area contributed by atoms with Crippen molar-refractivity contribution in [3.8, 4) is 0 Å². The van der Waals surface area contributed by atoms with Gasteiger partial charge in [-0.2, -0.15) is 0 Å². The quantitative estimate of drug-likeness (QED) is 0.541. The highest BCUT2D eigenvalue weighted by atomic mass is 14.3. The Balaban J connectivity index is 1.96. The third-order valence-electron chi connectivity index (χ3n) is 2.23. The van der Waals surface area contributed by atoms with Crippen LogP contribution in [0, 0.1) is 11.8 Å². The fraction of sp³-hybridized carbons (Fsp3) is 0.889. The highest BCUT2D eigenvalue weighted by Gasteiger charge is 2.27. The average molecular weight is 125 g/mol. The van der Waals surface area contributed by atoms with Crippen molar-refractivity contribution in [1.29, 1.82) is 0 Å². The molecular weight excluding hydrogens is 108 g/mol. The van der Waals surface area contributed by atoms with E-state index in [0.29, 0.717) is 0 Å². The van der Waals surface area contributed by atoms with Crippen molar-refractivity contribution in [2.75, 3.05) is 0 Å². The Morgan fingerprint density at radius 3 is 2.56 bits per heavy atom. The summed E-state index contributed by atoms with van der Waals surface area (Å²) in [4.78, 5) is 0. The Bertz CT molecular complexity index is 72.1. The minimum Gasteiger partial charge on any atom is -0.0654 e. The first kappa shape index (κ1) is 7.11. The van der Waals surface area contributed by atoms with Gasteiger partial charge in [0, 0.05) is 0 Å². The molecule has 0 aromatic heterocycles. The Morgan fingerprint density at radius 1 is 1.44 bits per heavy atom. The molecule has 0 aromatic rings. The smallest absolute Gasteiger partial charge is 0.0212 e. The van der Waals surface area contributed by atoms with Gasteiger partial charge in [-0.1, -0.05) is 33.1 Å². The maximum absolute atomic E-state index is 2.37. The lowest BCUT2D eigenvalue weighted by molar-refractivity contribution is 0.555. The zero-order valence-corrected chi connectivity index (χ0v) is 6.61. The first-order valence-corrected chi connectivity index (χ1v) is 4.19. The maximum atomic E-state index is 2.37. The van der Waals surface area contributed by atoms with Gasteiger partial charge in [-0.25, -0.2) is 0 Å². The maximum Gasteiger partial charge on any atom is -0.0212 e. The van der Waals surface area contributed by atoms with E-state index in [4.69, 9.17) is 0 Å². The van der Waals surface area contributed by atoms with Gasteiger partial charge in [0.05, 0.1) is 0 Å². The Hall–Kier alpha value is 0. The fourth-order valence-electron chi connectivity index (χ4n) is 1.28. The van der Waals surface area contributed by atoms with Gasteiger partial charge in [-0.05, 0) is 24.7 Å². The van der Waals surface area contributed by atoms with Crippen molar-refractivity contribution in [1.82, 2.24) is 0 Å². The monoisotopic (exact) mass is 125 g/mol. The van der Waals surface area contributed by atoms with Gasteiger partial charge < -0.3 is 0 Å². The molecule has 1 rings (SSSR count). The van der Waals surface area contributed by atoms with Crippen molar-refractivity contribution < 1.29 is 0 Å². The lowest BCUT2D eigenvalue weighted by Crippen LogP contribution is -1.93. The molecule has 1 aliphatic rings. The molecule has 0 aliphatic heterocycles. The van der Waals surface area contributed by atoms with Crippen LogP contribution in [-0.2, 0) is 0 Å². The second-order valence-corrected chi connectivity index (χ2v) is 3.20. The molecule has 1 fully saturated rings. The molecule has 0 saturated heterocycles. The van der Waals surface area contributed by atoms with Gasteiger partial charge in [0.2, 0.25) is 0 Å². The normalized spacial score (nSPS) is 22.0. The van der Waals surface area contributed by atoms with Crippen LogP contribution in [0.1, 0.15) is 46.0 Å². The molecule has 1 unspecified atom stereocenters.